The molecule has 2 rings (SSSR count). The van der Waals surface area contributed by atoms with Gasteiger partial charge in [0.1, 0.15) is 22.9 Å². The largest absolute Gasteiger partial charge is 0.469 e. The lowest BCUT2D eigenvalue weighted by Gasteiger charge is -2.17. The molecule has 0 amide bonds. The Bertz CT molecular complexity index is 810. The Hall–Kier alpha value is -1.90. The second-order valence-electron chi connectivity index (χ2n) is 6.37. The van der Waals surface area contributed by atoms with E-state index in [4.69, 9.17) is 4.74 Å². The molecule has 6 nitrogen and oxygen atoms in total. The van der Waals surface area contributed by atoms with Crippen LogP contribution in [0.4, 0.5) is 0 Å². The second-order valence-corrected chi connectivity index (χ2v) is 8.12. The van der Waals surface area contributed by atoms with Crippen LogP contribution in [0.5, 0.6) is 0 Å². The number of hydrogen-bond donors (Lipinski definition) is 0. The molecule has 0 aromatic carbocycles. The minimum Gasteiger partial charge on any atom is -0.469 e. The van der Waals surface area contributed by atoms with E-state index in [-0.39, 0.29) is 12.2 Å². The van der Waals surface area contributed by atoms with Crippen molar-refractivity contribution in [1.29, 1.82) is 0 Å². The molecular formula is C19H24N2O4S2. The van der Waals surface area contributed by atoms with Crippen molar-refractivity contribution in [3.8, 4) is 10.7 Å². The third-order valence-electron chi connectivity index (χ3n) is 4.03. The van der Waals surface area contributed by atoms with Gasteiger partial charge in [-0.15, -0.1) is 22.7 Å². The number of esters is 1. The van der Waals surface area contributed by atoms with Gasteiger partial charge in [0, 0.05) is 29.7 Å². The summed E-state index contributed by atoms with van der Waals surface area (Å²) >= 11 is 3.17. The third kappa shape index (κ3) is 5.79. The quantitative estimate of drug-likeness (QED) is 0.457. The lowest BCUT2D eigenvalue weighted by molar-refractivity contribution is -0.144. The van der Waals surface area contributed by atoms with Crippen LogP contribution in [-0.2, 0) is 19.1 Å². The summed E-state index contributed by atoms with van der Waals surface area (Å²) < 4.78 is 9.94. The van der Waals surface area contributed by atoms with Gasteiger partial charge in [-0.25, -0.2) is 9.97 Å². The summed E-state index contributed by atoms with van der Waals surface area (Å²) in [4.78, 5) is 32.6. The van der Waals surface area contributed by atoms with Crippen LogP contribution in [0.1, 0.15) is 43.8 Å². The number of carbonyl (C=O) groups is 2. The number of ether oxygens (including phenoxy) is 2. The van der Waals surface area contributed by atoms with Gasteiger partial charge in [0.2, 0.25) is 0 Å². The minimum absolute atomic E-state index is 0.221. The van der Waals surface area contributed by atoms with Gasteiger partial charge in [0.05, 0.1) is 23.9 Å². The van der Waals surface area contributed by atoms with Crippen LogP contribution in [0, 0.1) is 5.92 Å². The molecule has 0 N–H and O–H groups in total. The zero-order valence-corrected chi connectivity index (χ0v) is 17.7. The van der Waals surface area contributed by atoms with Gasteiger partial charge in [-0.05, 0) is 6.08 Å². The summed E-state index contributed by atoms with van der Waals surface area (Å²) in [6.07, 6.45) is 2.92. The Balaban J connectivity index is 2.06. The Morgan fingerprint density at radius 3 is 2.48 bits per heavy atom. The van der Waals surface area contributed by atoms with Crippen LogP contribution in [0.15, 0.2) is 16.8 Å². The average molecular weight is 409 g/mol. The van der Waals surface area contributed by atoms with Crippen molar-refractivity contribution in [3.05, 3.63) is 27.5 Å². The summed E-state index contributed by atoms with van der Waals surface area (Å²) in [7, 11) is 2.80. The number of rotatable bonds is 9. The van der Waals surface area contributed by atoms with Crippen molar-refractivity contribution in [2.75, 3.05) is 14.2 Å². The Morgan fingerprint density at radius 2 is 1.89 bits per heavy atom. The molecule has 27 heavy (non-hydrogen) atoms. The van der Waals surface area contributed by atoms with Crippen LogP contribution in [0.25, 0.3) is 16.8 Å². The van der Waals surface area contributed by atoms with Gasteiger partial charge < -0.3 is 9.47 Å². The van der Waals surface area contributed by atoms with Crippen LogP contribution in [-0.4, -0.2) is 42.0 Å². The Kier molecular flexibility index (Phi) is 7.82. The monoisotopic (exact) mass is 408 g/mol. The summed E-state index contributed by atoms with van der Waals surface area (Å²) in [5.41, 5.74) is 1.67. The van der Waals surface area contributed by atoms with E-state index in [0.29, 0.717) is 5.92 Å². The number of hydrogen-bond acceptors (Lipinski definition) is 8. The van der Waals surface area contributed by atoms with Crippen molar-refractivity contribution in [1.82, 2.24) is 9.97 Å². The molecule has 2 atom stereocenters. The highest BCUT2D eigenvalue weighted by Gasteiger charge is 2.24. The van der Waals surface area contributed by atoms with Crippen molar-refractivity contribution in [2.45, 2.75) is 39.2 Å². The molecule has 0 spiro atoms. The molecule has 0 saturated heterocycles. The molecule has 2 aromatic heterocycles. The summed E-state index contributed by atoms with van der Waals surface area (Å²) in [5, 5.41) is 5.91. The van der Waals surface area contributed by atoms with Gasteiger partial charge >= 0.3 is 5.97 Å². The van der Waals surface area contributed by atoms with Crippen molar-refractivity contribution >= 4 is 40.5 Å². The highest BCUT2D eigenvalue weighted by molar-refractivity contribution is 7.14. The van der Waals surface area contributed by atoms with Crippen LogP contribution >= 0.6 is 22.7 Å². The van der Waals surface area contributed by atoms with Crippen molar-refractivity contribution < 1.29 is 19.1 Å². The minimum atomic E-state index is -0.543. The fourth-order valence-corrected chi connectivity index (χ4v) is 3.97. The molecule has 0 aliphatic heterocycles. The van der Waals surface area contributed by atoms with Crippen LogP contribution in [0.2, 0.25) is 0 Å². The van der Waals surface area contributed by atoms with E-state index in [1.54, 1.807) is 24.3 Å². The Labute approximate surface area is 167 Å². The van der Waals surface area contributed by atoms with Gasteiger partial charge in [-0.1, -0.05) is 26.8 Å². The molecule has 0 fully saturated rings. The zero-order chi connectivity index (χ0) is 20.0. The smallest absolute Gasteiger partial charge is 0.313 e. The second kappa shape index (κ2) is 9.87. The van der Waals surface area contributed by atoms with Crippen molar-refractivity contribution in [2.24, 2.45) is 5.92 Å². The average Bonchev–Trinajstić information content (AvgIpc) is 3.31. The fourth-order valence-electron chi connectivity index (χ4n) is 2.33. The summed E-state index contributed by atoms with van der Waals surface area (Å²) in [6.45, 7) is 5.97. The van der Waals surface area contributed by atoms with E-state index in [9.17, 15) is 9.59 Å². The van der Waals surface area contributed by atoms with E-state index in [1.165, 1.54) is 25.6 Å². The molecule has 0 aliphatic rings. The van der Waals surface area contributed by atoms with Gasteiger partial charge in [-0.2, -0.15) is 0 Å². The van der Waals surface area contributed by atoms with E-state index in [1.807, 2.05) is 16.8 Å². The normalized spacial score (nSPS) is 13.9. The highest BCUT2D eigenvalue weighted by Crippen LogP contribution is 2.28. The first kappa shape index (κ1) is 21.4. The van der Waals surface area contributed by atoms with E-state index >= 15 is 0 Å². The molecule has 2 aromatic rings. The standard InChI is InChI=1S/C19H24N2O4S2/c1-11(2)18-21-14(10-27-18)19-20-13(9-26-19)6-7-16(24-4)12(3)15(22)8-17(23)25-5/h6-7,9-12,16H,8H2,1-5H3/b7-6+/t12-,16-/m1/s1. The predicted octanol–water partition coefficient (Wildman–Crippen LogP) is 4.19. The molecule has 0 bridgehead atoms. The molecule has 0 aliphatic carbocycles. The van der Waals surface area contributed by atoms with E-state index < -0.39 is 18.0 Å². The topological polar surface area (TPSA) is 78.4 Å². The number of aromatic nitrogens is 2. The highest BCUT2D eigenvalue weighted by atomic mass is 32.1. The maximum Gasteiger partial charge on any atom is 0.313 e. The molecule has 2 heterocycles. The van der Waals surface area contributed by atoms with Gasteiger partial charge in [0.25, 0.3) is 0 Å². The lowest BCUT2D eigenvalue weighted by atomic mass is 9.96. The van der Waals surface area contributed by atoms with Gasteiger partial charge in [0.15, 0.2) is 0 Å². The molecule has 0 saturated carbocycles. The van der Waals surface area contributed by atoms with Crippen LogP contribution < -0.4 is 0 Å². The van der Waals surface area contributed by atoms with E-state index in [0.717, 1.165) is 21.4 Å². The number of nitrogens with zero attached hydrogens (tertiary/aromatic N) is 2. The Morgan fingerprint density at radius 1 is 1.15 bits per heavy atom. The molecule has 146 valence electrons. The first-order valence-electron chi connectivity index (χ1n) is 8.57. The fraction of sp³-hybridized carbons (Fsp3) is 0.474. The first-order valence-corrected chi connectivity index (χ1v) is 10.3. The number of Topliss-reactive ketones (excluding diaryl/α,β-unsaturated/α-hetero) is 1. The third-order valence-corrected chi connectivity index (χ3v) is 6.06. The molecule has 8 heteroatoms. The lowest BCUT2D eigenvalue weighted by Crippen LogP contribution is -2.27. The molecule has 0 unspecified atom stereocenters. The zero-order valence-electron chi connectivity index (χ0n) is 16.1. The maximum atomic E-state index is 12.1. The number of thiazole rings is 2. The van der Waals surface area contributed by atoms with Crippen LogP contribution in [0.3, 0.4) is 0 Å². The predicted molar refractivity (Wildman–Crippen MR) is 108 cm³/mol. The molecular weight excluding hydrogens is 384 g/mol. The number of ketones is 1. The first-order chi connectivity index (χ1) is 12.8. The van der Waals surface area contributed by atoms with Gasteiger partial charge in [-0.3, -0.25) is 9.59 Å². The number of methoxy groups -OCH3 is 2. The van der Waals surface area contributed by atoms with Crippen molar-refractivity contribution in [3.63, 3.8) is 0 Å². The number of carbonyl (C=O) groups excluding carboxylic acids is 2. The van der Waals surface area contributed by atoms with E-state index in [2.05, 4.69) is 28.6 Å². The maximum absolute atomic E-state index is 12.1. The molecule has 0 radical (unpaired) electrons. The SMILES string of the molecule is COC(=O)CC(=O)[C@@H](C)[C@@H](/C=C/c1csc(-c2csc(C(C)C)n2)n1)OC. The summed E-state index contributed by atoms with van der Waals surface area (Å²) in [6, 6.07) is 0. The summed E-state index contributed by atoms with van der Waals surface area (Å²) in [5.74, 6) is -0.829.